The number of rotatable bonds is 8. The molecule has 10 saturated carbocycles. The second-order valence-electron chi connectivity index (χ2n) is 23.2. The van der Waals surface area contributed by atoms with Crippen LogP contribution in [0.25, 0.3) is 0 Å². The molecule has 10 atom stereocenters. The van der Waals surface area contributed by atoms with E-state index in [-0.39, 0.29) is 0 Å². The Morgan fingerprint density at radius 1 is 0.250 bits per heavy atom. The molecule has 0 radical (unpaired) electrons. The standard InChI is InChI=1S/C54H90N2/c1-3-17-43(18-4-1)55(53-37-41-15-7-9-21-47(41)49-23-11-13-25-51(49)53)45-33-29-39(30-34-45)27-28-40-31-35-46(36-32-40)56(44-19-5-2-6-20-44)54-38-42-16-8-10-22-48(42)50-24-12-14-26-52(50)54/h27-28,39-54H,1-26,29-38H2. The van der Waals surface area contributed by atoms with Crippen molar-refractivity contribution in [2.45, 2.75) is 267 Å². The normalized spacial score (nSPS) is 45.9. The highest BCUT2D eigenvalue weighted by Gasteiger charge is 2.51. The van der Waals surface area contributed by atoms with Gasteiger partial charge in [0.05, 0.1) is 0 Å². The van der Waals surface area contributed by atoms with Crippen molar-refractivity contribution in [2.75, 3.05) is 0 Å². The van der Waals surface area contributed by atoms with Crippen molar-refractivity contribution >= 4 is 0 Å². The van der Waals surface area contributed by atoms with E-state index in [1.54, 1.807) is 89.9 Å². The molecule has 2 heteroatoms. The van der Waals surface area contributed by atoms with Gasteiger partial charge in [0.1, 0.15) is 0 Å². The van der Waals surface area contributed by atoms with Crippen LogP contribution in [0.15, 0.2) is 12.2 Å². The van der Waals surface area contributed by atoms with E-state index < -0.39 is 0 Å². The molecule has 2 nitrogen and oxygen atoms in total. The molecule has 10 aliphatic carbocycles. The van der Waals surface area contributed by atoms with Gasteiger partial charge in [0.15, 0.2) is 0 Å². The van der Waals surface area contributed by atoms with Crippen LogP contribution < -0.4 is 0 Å². The molecule has 10 rings (SSSR count). The summed E-state index contributed by atoms with van der Waals surface area (Å²) in [5.74, 6) is 10.3. The minimum Gasteiger partial charge on any atom is -0.294 e. The third kappa shape index (κ3) is 8.46. The largest absolute Gasteiger partial charge is 0.294 e. The van der Waals surface area contributed by atoms with Gasteiger partial charge in [-0.05, 0) is 188 Å². The Morgan fingerprint density at radius 3 is 0.946 bits per heavy atom. The summed E-state index contributed by atoms with van der Waals surface area (Å²) in [6.07, 6.45) is 60.8. The van der Waals surface area contributed by atoms with Crippen LogP contribution >= 0.6 is 0 Å². The molecular weight excluding hydrogens is 677 g/mol. The molecule has 0 saturated heterocycles. The quantitative estimate of drug-likeness (QED) is 0.227. The van der Waals surface area contributed by atoms with Crippen molar-refractivity contribution in [3.05, 3.63) is 12.2 Å². The molecular formula is C54H90N2. The number of hydrogen-bond donors (Lipinski definition) is 0. The first kappa shape index (κ1) is 39.8. The minimum absolute atomic E-state index is 0.862. The van der Waals surface area contributed by atoms with E-state index in [1.807, 2.05) is 0 Å². The van der Waals surface area contributed by atoms with Crippen LogP contribution in [0.5, 0.6) is 0 Å². The lowest BCUT2D eigenvalue weighted by atomic mass is 9.55. The van der Waals surface area contributed by atoms with E-state index in [0.717, 1.165) is 95.4 Å². The van der Waals surface area contributed by atoms with Crippen molar-refractivity contribution in [1.82, 2.24) is 9.80 Å². The Bertz CT molecular complexity index is 1130. The Hall–Kier alpha value is -0.340. The van der Waals surface area contributed by atoms with Crippen molar-refractivity contribution < 1.29 is 0 Å². The molecule has 0 amide bonds. The number of fused-ring (bicyclic) bond motifs is 6. The highest BCUT2D eigenvalue weighted by molar-refractivity contribution is 5.06. The van der Waals surface area contributed by atoms with E-state index in [4.69, 9.17) is 0 Å². The highest BCUT2D eigenvalue weighted by Crippen LogP contribution is 2.56. The molecule has 0 bridgehead atoms. The molecule has 0 aromatic rings. The Morgan fingerprint density at radius 2 is 0.554 bits per heavy atom. The van der Waals surface area contributed by atoms with E-state index in [9.17, 15) is 0 Å². The lowest BCUT2D eigenvalue weighted by Gasteiger charge is -2.58. The molecule has 0 heterocycles. The molecule has 316 valence electrons. The van der Waals surface area contributed by atoms with Crippen LogP contribution in [0.4, 0.5) is 0 Å². The zero-order valence-electron chi connectivity index (χ0n) is 36.7. The van der Waals surface area contributed by atoms with Gasteiger partial charge in [-0.2, -0.15) is 0 Å². The zero-order chi connectivity index (χ0) is 37.3. The molecule has 56 heavy (non-hydrogen) atoms. The monoisotopic (exact) mass is 767 g/mol. The third-order valence-corrected chi connectivity index (χ3v) is 20.6. The van der Waals surface area contributed by atoms with Gasteiger partial charge in [0.2, 0.25) is 0 Å². The molecule has 10 unspecified atom stereocenters. The Labute approximate surface area is 347 Å². The van der Waals surface area contributed by atoms with Gasteiger partial charge < -0.3 is 0 Å². The van der Waals surface area contributed by atoms with E-state index in [0.29, 0.717) is 0 Å². The summed E-state index contributed by atoms with van der Waals surface area (Å²) in [4.78, 5) is 6.73. The summed E-state index contributed by atoms with van der Waals surface area (Å²) in [6, 6.07) is 5.49. The van der Waals surface area contributed by atoms with Gasteiger partial charge in [-0.15, -0.1) is 0 Å². The minimum atomic E-state index is 0.862. The summed E-state index contributed by atoms with van der Waals surface area (Å²) in [6.45, 7) is 0. The van der Waals surface area contributed by atoms with Crippen LogP contribution in [0.1, 0.15) is 231 Å². The lowest BCUT2D eigenvalue weighted by Crippen LogP contribution is -2.59. The molecule has 0 aromatic carbocycles. The van der Waals surface area contributed by atoms with Crippen molar-refractivity contribution in [3.8, 4) is 0 Å². The van der Waals surface area contributed by atoms with E-state index >= 15 is 0 Å². The molecule has 10 aliphatic rings. The summed E-state index contributed by atoms with van der Waals surface area (Å²) in [5.41, 5.74) is 0. The van der Waals surface area contributed by atoms with Gasteiger partial charge in [-0.1, -0.05) is 115 Å². The average molecular weight is 767 g/mol. The van der Waals surface area contributed by atoms with Crippen LogP contribution in [-0.4, -0.2) is 46.1 Å². The zero-order valence-corrected chi connectivity index (χ0v) is 36.7. The van der Waals surface area contributed by atoms with Crippen molar-refractivity contribution in [3.63, 3.8) is 0 Å². The summed E-state index contributed by atoms with van der Waals surface area (Å²) < 4.78 is 0. The molecule has 0 aromatic heterocycles. The maximum Gasteiger partial charge on any atom is 0.0135 e. The smallest absolute Gasteiger partial charge is 0.0135 e. The predicted octanol–water partition coefficient (Wildman–Crippen LogP) is 14.7. The molecule has 0 spiro atoms. The van der Waals surface area contributed by atoms with Crippen molar-refractivity contribution in [1.29, 1.82) is 0 Å². The molecule has 10 fully saturated rings. The van der Waals surface area contributed by atoms with Gasteiger partial charge in [0, 0.05) is 36.3 Å². The lowest BCUT2D eigenvalue weighted by molar-refractivity contribution is -0.0809. The van der Waals surface area contributed by atoms with Crippen LogP contribution in [0.2, 0.25) is 0 Å². The third-order valence-electron chi connectivity index (χ3n) is 20.6. The second-order valence-corrected chi connectivity index (χ2v) is 23.2. The summed E-state index contributed by atoms with van der Waals surface area (Å²) in [7, 11) is 0. The first-order valence-electron chi connectivity index (χ1n) is 27.0. The van der Waals surface area contributed by atoms with Gasteiger partial charge in [-0.25, -0.2) is 0 Å². The van der Waals surface area contributed by atoms with Gasteiger partial charge >= 0.3 is 0 Å². The van der Waals surface area contributed by atoms with E-state index in [2.05, 4.69) is 22.0 Å². The van der Waals surface area contributed by atoms with Crippen LogP contribution in [-0.2, 0) is 0 Å². The fourth-order valence-electron chi connectivity index (χ4n) is 18.2. The summed E-state index contributed by atoms with van der Waals surface area (Å²) in [5, 5.41) is 0. The van der Waals surface area contributed by atoms with Crippen LogP contribution in [0, 0.1) is 59.2 Å². The maximum absolute atomic E-state index is 3.36. The predicted molar refractivity (Wildman–Crippen MR) is 237 cm³/mol. The van der Waals surface area contributed by atoms with Gasteiger partial charge in [-0.3, -0.25) is 9.80 Å². The highest BCUT2D eigenvalue weighted by atomic mass is 15.2. The van der Waals surface area contributed by atoms with Crippen LogP contribution in [0.3, 0.4) is 0 Å². The summed E-state index contributed by atoms with van der Waals surface area (Å²) >= 11 is 0. The Kier molecular flexibility index (Phi) is 13.3. The van der Waals surface area contributed by atoms with Gasteiger partial charge in [0.25, 0.3) is 0 Å². The number of hydrogen-bond acceptors (Lipinski definition) is 2. The second kappa shape index (κ2) is 18.7. The average Bonchev–Trinajstić information content (AvgIpc) is 3.27. The SMILES string of the molecule is C(=CC1CCC(N(C2CCCCC2)C2CC3CCCCC3C3CCCCC32)CC1)C1CCC(N(C2CCCCC2)C2CC3CCCCC3C3CCCCC32)CC1. The maximum atomic E-state index is 3.36. The van der Waals surface area contributed by atoms with E-state index in [1.165, 1.54) is 141 Å². The first-order chi connectivity index (χ1) is 27.8. The Balaban J connectivity index is 0.775. The number of allylic oxidation sites excluding steroid dienone is 2. The van der Waals surface area contributed by atoms with Crippen molar-refractivity contribution in [2.24, 2.45) is 59.2 Å². The molecule has 0 aliphatic heterocycles. The number of nitrogens with zero attached hydrogens (tertiary/aromatic N) is 2. The first-order valence-corrected chi connectivity index (χ1v) is 27.0. The topological polar surface area (TPSA) is 6.48 Å². The molecule has 0 N–H and O–H groups in total. The fourth-order valence-corrected chi connectivity index (χ4v) is 18.2. The fraction of sp³-hybridized carbons (Fsp3) is 0.963.